The summed E-state index contributed by atoms with van der Waals surface area (Å²) in [7, 11) is 3.27. The molecular weight excluding hydrogens is 496 g/mol. The number of rotatable bonds is 5. The minimum absolute atomic E-state index is 0.681. The summed E-state index contributed by atoms with van der Waals surface area (Å²) < 4.78 is 12.9. The van der Waals surface area contributed by atoms with Crippen LogP contribution in [-0.4, -0.2) is 24.2 Å². The minimum Gasteiger partial charge on any atom is -0.496 e. The van der Waals surface area contributed by atoms with Crippen LogP contribution in [0.5, 0.6) is 11.5 Å². The van der Waals surface area contributed by atoms with Gasteiger partial charge in [0.1, 0.15) is 17.3 Å². The van der Waals surface area contributed by atoms with Crippen molar-refractivity contribution >= 4 is 31.9 Å². The quantitative estimate of drug-likeness (QED) is 0.314. The molecule has 0 aliphatic rings. The molecule has 4 aromatic rings. The molecule has 4 rings (SSSR count). The van der Waals surface area contributed by atoms with Gasteiger partial charge in [-0.05, 0) is 34.1 Å². The summed E-state index contributed by atoms with van der Waals surface area (Å²) in [6.07, 6.45) is 0. The molecule has 0 saturated heterocycles. The normalized spacial score (nSPS) is 10.8. The number of aromatic amines is 1. The second kappa shape index (κ2) is 8.43. The van der Waals surface area contributed by atoms with E-state index in [-0.39, 0.29) is 0 Å². The molecule has 0 saturated carbocycles. The first-order valence-corrected chi connectivity index (χ1v) is 10.5. The van der Waals surface area contributed by atoms with E-state index in [0.29, 0.717) is 11.5 Å². The number of hydrogen-bond acceptors (Lipinski definition) is 3. The fourth-order valence-corrected chi connectivity index (χ4v) is 3.95. The average Bonchev–Trinajstić information content (AvgIpc) is 3.20. The molecule has 0 aliphatic carbocycles. The third-order valence-corrected chi connectivity index (χ3v) is 5.76. The van der Waals surface area contributed by atoms with E-state index < -0.39 is 0 Å². The molecule has 1 heterocycles. The van der Waals surface area contributed by atoms with Crippen LogP contribution in [0.25, 0.3) is 33.9 Å². The second-order valence-corrected chi connectivity index (χ2v) is 8.14. The molecule has 1 N–H and O–H groups in total. The monoisotopic (exact) mass is 512 g/mol. The van der Waals surface area contributed by atoms with E-state index in [4.69, 9.17) is 14.5 Å². The van der Waals surface area contributed by atoms with E-state index in [1.54, 1.807) is 14.2 Å². The van der Waals surface area contributed by atoms with Crippen LogP contribution >= 0.6 is 31.9 Å². The Morgan fingerprint density at radius 2 is 1.48 bits per heavy atom. The number of ether oxygens (including phenoxy) is 2. The summed E-state index contributed by atoms with van der Waals surface area (Å²) in [4.78, 5) is 8.45. The lowest BCUT2D eigenvalue weighted by atomic mass is 10.1. The SMILES string of the molecule is COc1cc(OC)c(-c2nc(-c3ccccc3)c(-c3ccc(Br)cc3)[nH]2)cc1Br. The van der Waals surface area contributed by atoms with E-state index in [0.717, 1.165) is 42.8 Å². The van der Waals surface area contributed by atoms with Gasteiger partial charge in [0, 0.05) is 21.7 Å². The molecular formula is C23H18Br2N2O2. The maximum atomic E-state index is 5.61. The van der Waals surface area contributed by atoms with Crippen LogP contribution in [-0.2, 0) is 0 Å². The summed E-state index contributed by atoms with van der Waals surface area (Å²) in [6.45, 7) is 0. The van der Waals surface area contributed by atoms with Gasteiger partial charge in [0.25, 0.3) is 0 Å². The Morgan fingerprint density at radius 1 is 0.793 bits per heavy atom. The van der Waals surface area contributed by atoms with Gasteiger partial charge in [-0.25, -0.2) is 4.98 Å². The van der Waals surface area contributed by atoms with Crippen molar-refractivity contribution < 1.29 is 9.47 Å². The lowest BCUT2D eigenvalue weighted by Gasteiger charge is -2.10. The largest absolute Gasteiger partial charge is 0.496 e. The van der Waals surface area contributed by atoms with E-state index >= 15 is 0 Å². The molecule has 6 heteroatoms. The summed E-state index contributed by atoms with van der Waals surface area (Å²) in [5.74, 6) is 2.11. The van der Waals surface area contributed by atoms with Crippen molar-refractivity contribution in [3.8, 4) is 45.4 Å². The topological polar surface area (TPSA) is 47.1 Å². The maximum absolute atomic E-state index is 5.61. The van der Waals surface area contributed by atoms with Crippen LogP contribution in [0.4, 0.5) is 0 Å². The number of H-pyrrole nitrogens is 1. The summed E-state index contributed by atoms with van der Waals surface area (Å²) in [6, 6.07) is 22.1. The minimum atomic E-state index is 0.681. The van der Waals surface area contributed by atoms with Crippen molar-refractivity contribution in [3.63, 3.8) is 0 Å². The highest BCUT2D eigenvalue weighted by atomic mass is 79.9. The van der Waals surface area contributed by atoms with Crippen molar-refractivity contribution in [1.82, 2.24) is 9.97 Å². The molecule has 3 aromatic carbocycles. The number of aromatic nitrogens is 2. The van der Waals surface area contributed by atoms with Gasteiger partial charge in [0.05, 0.1) is 35.6 Å². The van der Waals surface area contributed by atoms with Gasteiger partial charge in [0.15, 0.2) is 0 Å². The third-order valence-electron chi connectivity index (χ3n) is 4.61. The molecule has 146 valence electrons. The molecule has 0 amide bonds. The molecule has 0 bridgehead atoms. The highest BCUT2D eigenvalue weighted by molar-refractivity contribution is 9.10. The molecule has 0 fully saturated rings. The zero-order chi connectivity index (χ0) is 20.4. The molecule has 4 nitrogen and oxygen atoms in total. The van der Waals surface area contributed by atoms with Crippen LogP contribution in [0, 0.1) is 0 Å². The average molecular weight is 514 g/mol. The number of imidazole rings is 1. The van der Waals surface area contributed by atoms with E-state index in [1.807, 2.05) is 42.5 Å². The van der Waals surface area contributed by atoms with Gasteiger partial charge < -0.3 is 14.5 Å². The third kappa shape index (κ3) is 3.95. The van der Waals surface area contributed by atoms with E-state index in [1.165, 1.54) is 0 Å². The van der Waals surface area contributed by atoms with Gasteiger partial charge in [-0.1, -0.05) is 58.4 Å². The summed E-state index contributed by atoms with van der Waals surface area (Å²) >= 11 is 7.07. The van der Waals surface area contributed by atoms with Gasteiger partial charge in [-0.3, -0.25) is 0 Å². The number of methoxy groups -OCH3 is 2. The number of hydrogen-bond donors (Lipinski definition) is 1. The first-order chi connectivity index (χ1) is 14.1. The Hall–Kier alpha value is -2.57. The zero-order valence-corrected chi connectivity index (χ0v) is 19.0. The first kappa shape index (κ1) is 19.7. The summed E-state index contributed by atoms with van der Waals surface area (Å²) in [5.41, 5.74) is 4.78. The molecule has 1 aromatic heterocycles. The van der Waals surface area contributed by atoms with Crippen molar-refractivity contribution in [1.29, 1.82) is 0 Å². The van der Waals surface area contributed by atoms with Crippen molar-refractivity contribution in [2.45, 2.75) is 0 Å². The predicted molar refractivity (Wildman–Crippen MR) is 123 cm³/mol. The van der Waals surface area contributed by atoms with Crippen LogP contribution in [0.1, 0.15) is 0 Å². The van der Waals surface area contributed by atoms with Gasteiger partial charge >= 0.3 is 0 Å². The van der Waals surface area contributed by atoms with Crippen LogP contribution in [0.15, 0.2) is 75.7 Å². The number of halogens is 2. The maximum Gasteiger partial charge on any atom is 0.142 e. The molecule has 0 aliphatic heterocycles. The highest BCUT2D eigenvalue weighted by Gasteiger charge is 2.19. The smallest absolute Gasteiger partial charge is 0.142 e. The predicted octanol–water partition coefficient (Wildman–Crippen LogP) is 6.95. The van der Waals surface area contributed by atoms with Crippen LogP contribution in [0.3, 0.4) is 0 Å². The Bertz CT molecular complexity index is 1140. The molecule has 0 spiro atoms. The lowest BCUT2D eigenvalue weighted by Crippen LogP contribution is -1.93. The Morgan fingerprint density at radius 3 is 2.14 bits per heavy atom. The highest BCUT2D eigenvalue weighted by Crippen LogP contribution is 2.40. The van der Waals surface area contributed by atoms with Crippen molar-refractivity contribution in [3.05, 3.63) is 75.7 Å². The molecule has 0 unspecified atom stereocenters. The Balaban J connectivity index is 1.93. The fraction of sp³-hybridized carbons (Fsp3) is 0.0870. The Kier molecular flexibility index (Phi) is 5.74. The van der Waals surface area contributed by atoms with Gasteiger partial charge in [0.2, 0.25) is 0 Å². The lowest BCUT2D eigenvalue weighted by molar-refractivity contribution is 0.393. The van der Waals surface area contributed by atoms with Crippen molar-refractivity contribution in [2.75, 3.05) is 14.2 Å². The standard InChI is InChI=1S/C23H18Br2N2O2/c1-28-19-13-20(29-2)18(25)12-17(19)23-26-21(14-6-4-3-5-7-14)22(27-23)15-8-10-16(24)11-9-15/h3-13H,1-2H3,(H,26,27). The molecule has 29 heavy (non-hydrogen) atoms. The first-order valence-electron chi connectivity index (χ1n) is 8.94. The van der Waals surface area contributed by atoms with E-state index in [2.05, 4.69) is 61.1 Å². The number of benzene rings is 3. The van der Waals surface area contributed by atoms with Crippen LogP contribution in [0.2, 0.25) is 0 Å². The summed E-state index contributed by atoms with van der Waals surface area (Å²) in [5, 5.41) is 0. The number of nitrogens with zero attached hydrogens (tertiary/aromatic N) is 1. The zero-order valence-electron chi connectivity index (χ0n) is 15.9. The van der Waals surface area contributed by atoms with Crippen molar-refractivity contribution in [2.24, 2.45) is 0 Å². The second-order valence-electron chi connectivity index (χ2n) is 6.37. The number of nitrogens with one attached hydrogen (secondary N) is 1. The van der Waals surface area contributed by atoms with Gasteiger partial charge in [-0.2, -0.15) is 0 Å². The van der Waals surface area contributed by atoms with Gasteiger partial charge in [-0.15, -0.1) is 0 Å². The Labute approximate surface area is 186 Å². The van der Waals surface area contributed by atoms with E-state index in [9.17, 15) is 0 Å². The molecule has 0 atom stereocenters. The van der Waals surface area contributed by atoms with Crippen LogP contribution < -0.4 is 9.47 Å². The fourth-order valence-electron chi connectivity index (χ4n) is 3.18. The molecule has 0 radical (unpaired) electrons.